The van der Waals surface area contributed by atoms with Gasteiger partial charge in [-0.2, -0.15) is 5.11 Å². The highest BCUT2D eigenvalue weighted by Gasteiger charge is 2.18. The van der Waals surface area contributed by atoms with Crippen LogP contribution in [-0.2, 0) is 4.74 Å². The third kappa shape index (κ3) is 3.26. The summed E-state index contributed by atoms with van der Waals surface area (Å²) >= 11 is 0. The summed E-state index contributed by atoms with van der Waals surface area (Å²) in [6, 6.07) is 17.6. The molecule has 1 saturated heterocycles. The van der Waals surface area contributed by atoms with E-state index in [9.17, 15) is 5.11 Å². The lowest BCUT2D eigenvalue weighted by Crippen LogP contribution is -2.36. The average molecular weight is 347 g/mol. The first kappa shape index (κ1) is 16.5. The number of aromatic hydroxyl groups is 1. The smallest absolute Gasteiger partial charge is 0.145 e. The molecule has 0 aliphatic carbocycles. The SMILES string of the molecule is Cc1ccc(N=Nc2c(O)cc(N3CCOCC3)c3ccccc23)cc1. The molecule has 5 heteroatoms. The summed E-state index contributed by atoms with van der Waals surface area (Å²) in [6.07, 6.45) is 0. The highest BCUT2D eigenvalue weighted by Crippen LogP contribution is 2.42. The Morgan fingerprint density at radius 3 is 2.35 bits per heavy atom. The van der Waals surface area contributed by atoms with E-state index in [1.54, 1.807) is 6.07 Å². The lowest BCUT2D eigenvalue weighted by Gasteiger charge is -2.30. The molecular formula is C21H21N3O2. The van der Waals surface area contributed by atoms with E-state index in [0.717, 1.165) is 35.2 Å². The first-order valence-electron chi connectivity index (χ1n) is 8.78. The van der Waals surface area contributed by atoms with Gasteiger partial charge in [-0.3, -0.25) is 0 Å². The van der Waals surface area contributed by atoms with Crippen LogP contribution in [0.5, 0.6) is 5.75 Å². The van der Waals surface area contributed by atoms with Gasteiger partial charge in [-0.05, 0) is 19.1 Å². The minimum atomic E-state index is 0.140. The molecule has 0 saturated carbocycles. The Labute approximate surface area is 152 Å². The van der Waals surface area contributed by atoms with Crippen LogP contribution in [-0.4, -0.2) is 31.4 Å². The lowest BCUT2D eigenvalue weighted by atomic mass is 10.0. The largest absolute Gasteiger partial charge is 0.506 e. The molecule has 1 aliphatic rings. The van der Waals surface area contributed by atoms with E-state index in [4.69, 9.17) is 4.74 Å². The van der Waals surface area contributed by atoms with E-state index >= 15 is 0 Å². The quantitative estimate of drug-likeness (QED) is 0.670. The number of hydrogen-bond acceptors (Lipinski definition) is 5. The van der Waals surface area contributed by atoms with Crippen LogP contribution < -0.4 is 4.90 Å². The monoisotopic (exact) mass is 347 g/mol. The number of hydrogen-bond donors (Lipinski definition) is 1. The molecule has 0 aromatic heterocycles. The average Bonchev–Trinajstić information content (AvgIpc) is 2.69. The Morgan fingerprint density at radius 1 is 0.923 bits per heavy atom. The van der Waals surface area contributed by atoms with Crippen molar-refractivity contribution in [2.75, 3.05) is 31.2 Å². The summed E-state index contributed by atoms with van der Waals surface area (Å²) in [4.78, 5) is 2.24. The van der Waals surface area contributed by atoms with Crippen LogP contribution in [0.25, 0.3) is 10.8 Å². The van der Waals surface area contributed by atoms with E-state index < -0.39 is 0 Å². The molecule has 1 aliphatic heterocycles. The molecule has 26 heavy (non-hydrogen) atoms. The van der Waals surface area contributed by atoms with Crippen LogP contribution in [0.2, 0.25) is 0 Å². The lowest BCUT2D eigenvalue weighted by molar-refractivity contribution is 0.123. The molecule has 1 heterocycles. The number of fused-ring (bicyclic) bond motifs is 1. The molecule has 3 aromatic carbocycles. The van der Waals surface area contributed by atoms with Gasteiger partial charge in [0.1, 0.15) is 11.4 Å². The highest BCUT2D eigenvalue weighted by atomic mass is 16.5. The summed E-state index contributed by atoms with van der Waals surface area (Å²) in [6.45, 7) is 5.06. The van der Waals surface area contributed by atoms with Gasteiger partial charge in [0.15, 0.2) is 0 Å². The topological polar surface area (TPSA) is 57.4 Å². The van der Waals surface area contributed by atoms with Gasteiger partial charge in [0.25, 0.3) is 0 Å². The molecule has 0 amide bonds. The van der Waals surface area contributed by atoms with Gasteiger partial charge in [0, 0.05) is 35.6 Å². The van der Waals surface area contributed by atoms with E-state index in [1.807, 2.05) is 49.4 Å². The molecule has 1 fully saturated rings. The summed E-state index contributed by atoms with van der Waals surface area (Å²) in [5, 5.41) is 21.2. The van der Waals surface area contributed by atoms with Crippen LogP contribution >= 0.6 is 0 Å². The van der Waals surface area contributed by atoms with Crippen molar-refractivity contribution in [3.8, 4) is 5.75 Å². The molecule has 3 aromatic rings. The molecule has 5 nitrogen and oxygen atoms in total. The van der Waals surface area contributed by atoms with Crippen LogP contribution in [0.1, 0.15) is 5.56 Å². The number of morpholine rings is 1. The Balaban J connectivity index is 1.78. The van der Waals surface area contributed by atoms with E-state index in [-0.39, 0.29) is 5.75 Å². The summed E-state index contributed by atoms with van der Waals surface area (Å²) in [5.74, 6) is 0.140. The van der Waals surface area contributed by atoms with Crippen LogP contribution in [0.15, 0.2) is 64.8 Å². The van der Waals surface area contributed by atoms with Crippen molar-refractivity contribution in [3.05, 3.63) is 60.2 Å². The minimum absolute atomic E-state index is 0.140. The van der Waals surface area contributed by atoms with Crippen molar-refractivity contribution < 1.29 is 9.84 Å². The summed E-state index contributed by atoms with van der Waals surface area (Å²) < 4.78 is 5.45. The maximum atomic E-state index is 10.6. The standard InChI is InChI=1S/C21H21N3O2/c1-15-6-8-16(9-7-15)22-23-21-18-5-3-2-4-17(18)19(14-20(21)25)24-10-12-26-13-11-24/h2-9,14,25H,10-13H2,1H3. The highest BCUT2D eigenvalue weighted by molar-refractivity contribution is 6.03. The number of nitrogens with zero attached hydrogens (tertiary/aromatic N) is 3. The van der Waals surface area contributed by atoms with Crippen molar-refractivity contribution in [2.45, 2.75) is 6.92 Å². The van der Waals surface area contributed by atoms with Gasteiger partial charge in [0.05, 0.1) is 18.9 Å². The zero-order valence-electron chi connectivity index (χ0n) is 14.7. The fourth-order valence-electron chi connectivity index (χ4n) is 3.22. The number of phenolic OH excluding ortho intramolecular Hbond substituents is 1. The molecule has 0 atom stereocenters. The molecule has 0 spiro atoms. The zero-order chi connectivity index (χ0) is 17.9. The second-order valence-corrected chi connectivity index (χ2v) is 6.44. The Kier molecular flexibility index (Phi) is 4.54. The van der Waals surface area contributed by atoms with Gasteiger partial charge >= 0.3 is 0 Å². The number of rotatable bonds is 3. The molecule has 0 bridgehead atoms. The fraction of sp³-hybridized carbons (Fsp3) is 0.238. The van der Waals surface area contributed by atoms with Crippen LogP contribution in [0.3, 0.4) is 0 Å². The molecule has 4 rings (SSSR count). The summed E-state index contributed by atoms with van der Waals surface area (Å²) in [5.41, 5.74) is 3.44. The number of benzene rings is 3. The predicted octanol–water partition coefficient (Wildman–Crippen LogP) is 5.11. The number of anilines is 1. The van der Waals surface area contributed by atoms with E-state index in [1.165, 1.54) is 5.56 Å². The minimum Gasteiger partial charge on any atom is -0.506 e. The van der Waals surface area contributed by atoms with E-state index in [0.29, 0.717) is 18.9 Å². The Bertz CT molecular complexity index is 945. The number of phenols is 1. The molecule has 1 N–H and O–H groups in total. The van der Waals surface area contributed by atoms with Crippen LogP contribution in [0, 0.1) is 6.92 Å². The van der Waals surface area contributed by atoms with Crippen molar-refractivity contribution in [1.29, 1.82) is 0 Å². The second kappa shape index (κ2) is 7.14. The van der Waals surface area contributed by atoms with Crippen molar-refractivity contribution >= 4 is 27.8 Å². The number of azo groups is 1. The predicted molar refractivity (Wildman–Crippen MR) is 104 cm³/mol. The first-order chi connectivity index (χ1) is 12.7. The third-order valence-electron chi connectivity index (χ3n) is 4.63. The maximum Gasteiger partial charge on any atom is 0.145 e. The third-order valence-corrected chi connectivity index (χ3v) is 4.63. The van der Waals surface area contributed by atoms with Gasteiger partial charge < -0.3 is 14.7 Å². The Hall–Kier alpha value is -2.92. The van der Waals surface area contributed by atoms with Gasteiger partial charge in [-0.15, -0.1) is 5.11 Å². The van der Waals surface area contributed by atoms with Gasteiger partial charge in [-0.1, -0.05) is 42.0 Å². The number of aryl methyl sites for hydroxylation is 1. The molecule has 0 radical (unpaired) electrons. The summed E-state index contributed by atoms with van der Waals surface area (Å²) in [7, 11) is 0. The van der Waals surface area contributed by atoms with Gasteiger partial charge in [0.2, 0.25) is 0 Å². The van der Waals surface area contributed by atoms with Crippen molar-refractivity contribution in [2.24, 2.45) is 10.2 Å². The molecule has 0 unspecified atom stereocenters. The van der Waals surface area contributed by atoms with Crippen molar-refractivity contribution in [1.82, 2.24) is 0 Å². The first-order valence-corrected chi connectivity index (χ1v) is 8.78. The molecule has 132 valence electrons. The zero-order valence-corrected chi connectivity index (χ0v) is 14.7. The maximum absolute atomic E-state index is 10.6. The number of ether oxygens (including phenoxy) is 1. The second-order valence-electron chi connectivity index (χ2n) is 6.44. The van der Waals surface area contributed by atoms with E-state index in [2.05, 4.69) is 21.2 Å². The fourth-order valence-corrected chi connectivity index (χ4v) is 3.22. The van der Waals surface area contributed by atoms with Crippen LogP contribution in [0.4, 0.5) is 17.1 Å². The normalized spacial score (nSPS) is 15.0. The Morgan fingerprint density at radius 2 is 1.62 bits per heavy atom. The van der Waals surface area contributed by atoms with Gasteiger partial charge in [-0.25, -0.2) is 0 Å². The molecular weight excluding hydrogens is 326 g/mol. The van der Waals surface area contributed by atoms with Crippen molar-refractivity contribution in [3.63, 3.8) is 0 Å².